The Balaban J connectivity index is 2.43. The van der Waals surface area contributed by atoms with Crippen molar-refractivity contribution in [3.63, 3.8) is 0 Å². The van der Waals surface area contributed by atoms with Crippen LogP contribution >= 0.6 is 0 Å². The van der Waals surface area contributed by atoms with Gasteiger partial charge in [0.2, 0.25) is 0 Å². The molecule has 1 aromatic carbocycles. The minimum Gasteiger partial charge on any atom is -0.329 e. The van der Waals surface area contributed by atoms with Gasteiger partial charge in [0.1, 0.15) is 0 Å². The van der Waals surface area contributed by atoms with Gasteiger partial charge in [0.15, 0.2) is 0 Å². The second kappa shape index (κ2) is 5.21. The van der Waals surface area contributed by atoms with Gasteiger partial charge in [0, 0.05) is 26.7 Å². The lowest BCUT2D eigenvalue weighted by atomic mass is 9.93. The SMILES string of the molecule is Cc1cc(C)c(C2CN(C)C(=O)N2CCN)c(C)c1. The first-order chi connectivity index (χ1) is 8.95. The van der Waals surface area contributed by atoms with Crippen LogP contribution in [0.5, 0.6) is 0 Å². The molecule has 1 unspecified atom stereocenters. The maximum atomic E-state index is 12.2. The lowest BCUT2D eigenvalue weighted by Gasteiger charge is -2.26. The molecule has 0 bridgehead atoms. The number of nitrogens with two attached hydrogens (primary N) is 1. The fourth-order valence-corrected chi connectivity index (χ4v) is 3.14. The first kappa shape index (κ1) is 13.9. The minimum absolute atomic E-state index is 0.0785. The standard InChI is InChI=1S/C15H23N3O/c1-10-7-11(2)14(12(3)8-10)13-9-17(4)15(19)18(13)6-5-16/h7-8,13H,5-6,9,16H2,1-4H3. The normalized spacial score (nSPS) is 19.4. The largest absolute Gasteiger partial charge is 0.329 e. The van der Waals surface area contributed by atoms with Crippen LogP contribution in [-0.2, 0) is 0 Å². The van der Waals surface area contributed by atoms with E-state index in [4.69, 9.17) is 5.73 Å². The number of nitrogens with zero attached hydrogens (tertiary/aromatic N) is 2. The minimum atomic E-state index is 0.0785. The van der Waals surface area contributed by atoms with Gasteiger partial charge < -0.3 is 15.5 Å². The summed E-state index contributed by atoms with van der Waals surface area (Å²) >= 11 is 0. The molecule has 0 radical (unpaired) electrons. The van der Waals surface area contributed by atoms with E-state index in [1.165, 1.54) is 22.3 Å². The Kier molecular flexibility index (Phi) is 3.80. The average molecular weight is 261 g/mol. The molecule has 1 aliphatic heterocycles. The first-order valence-corrected chi connectivity index (χ1v) is 6.75. The zero-order chi connectivity index (χ0) is 14.2. The summed E-state index contributed by atoms with van der Waals surface area (Å²) in [6.45, 7) is 8.20. The molecule has 0 saturated carbocycles. The molecule has 2 N–H and O–H groups in total. The fourth-order valence-electron chi connectivity index (χ4n) is 3.14. The number of carbonyl (C=O) groups excluding carboxylic acids is 1. The predicted octanol–water partition coefficient (Wildman–Crippen LogP) is 1.98. The average Bonchev–Trinajstić information content (AvgIpc) is 2.57. The van der Waals surface area contributed by atoms with Crippen LogP contribution < -0.4 is 5.73 Å². The molecular weight excluding hydrogens is 238 g/mol. The lowest BCUT2D eigenvalue weighted by molar-refractivity contribution is 0.192. The number of hydrogen-bond donors (Lipinski definition) is 1. The molecule has 0 spiro atoms. The number of aryl methyl sites for hydroxylation is 3. The van der Waals surface area contributed by atoms with Gasteiger partial charge in [-0.2, -0.15) is 0 Å². The maximum absolute atomic E-state index is 12.2. The molecule has 0 aromatic heterocycles. The van der Waals surface area contributed by atoms with E-state index in [2.05, 4.69) is 32.9 Å². The number of hydrogen-bond acceptors (Lipinski definition) is 2. The van der Waals surface area contributed by atoms with Crippen LogP contribution in [0.1, 0.15) is 28.3 Å². The zero-order valence-electron chi connectivity index (χ0n) is 12.2. The van der Waals surface area contributed by atoms with Crippen LogP contribution in [0.25, 0.3) is 0 Å². The number of likely N-dealkylation sites (N-methyl/N-ethyl adjacent to an activating group) is 1. The summed E-state index contributed by atoms with van der Waals surface area (Å²) in [4.78, 5) is 15.8. The Morgan fingerprint density at radius 3 is 2.37 bits per heavy atom. The highest BCUT2D eigenvalue weighted by Crippen LogP contribution is 2.33. The van der Waals surface area contributed by atoms with E-state index in [9.17, 15) is 4.79 Å². The van der Waals surface area contributed by atoms with Gasteiger partial charge in [-0.15, -0.1) is 0 Å². The Morgan fingerprint density at radius 1 is 1.26 bits per heavy atom. The molecule has 1 aromatic rings. The van der Waals surface area contributed by atoms with Gasteiger partial charge in [0.25, 0.3) is 0 Å². The van der Waals surface area contributed by atoms with Crippen molar-refractivity contribution in [3.05, 3.63) is 34.4 Å². The monoisotopic (exact) mass is 261 g/mol. The van der Waals surface area contributed by atoms with Crippen molar-refractivity contribution in [3.8, 4) is 0 Å². The highest BCUT2D eigenvalue weighted by Gasteiger charge is 2.36. The van der Waals surface area contributed by atoms with Gasteiger partial charge in [-0.05, 0) is 37.5 Å². The van der Waals surface area contributed by atoms with E-state index in [1.807, 2.05) is 11.9 Å². The molecule has 1 atom stereocenters. The fraction of sp³-hybridized carbons (Fsp3) is 0.533. The second-order valence-corrected chi connectivity index (χ2v) is 5.47. The molecule has 1 saturated heterocycles. The summed E-state index contributed by atoms with van der Waals surface area (Å²) in [5, 5.41) is 0. The molecule has 104 valence electrons. The Morgan fingerprint density at radius 2 is 1.84 bits per heavy atom. The molecule has 4 nitrogen and oxygen atoms in total. The second-order valence-electron chi connectivity index (χ2n) is 5.47. The maximum Gasteiger partial charge on any atom is 0.320 e. The van der Waals surface area contributed by atoms with Crippen LogP contribution in [0.3, 0.4) is 0 Å². The molecular formula is C15H23N3O. The quantitative estimate of drug-likeness (QED) is 0.904. The van der Waals surface area contributed by atoms with Gasteiger partial charge in [-0.3, -0.25) is 0 Å². The summed E-state index contributed by atoms with van der Waals surface area (Å²) in [6, 6.07) is 4.58. The highest BCUT2D eigenvalue weighted by atomic mass is 16.2. The van der Waals surface area contributed by atoms with Crippen LogP contribution in [0.15, 0.2) is 12.1 Å². The van der Waals surface area contributed by atoms with E-state index in [-0.39, 0.29) is 12.1 Å². The topological polar surface area (TPSA) is 49.6 Å². The Bertz CT molecular complexity index is 475. The predicted molar refractivity (Wildman–Crippen MR) is 77.2 cm³/mol. The smallest absolute Gasteiger partial charge is 0.320 e. The van der Waals surface area contributed by atoms with E-state index in [0.717, 1.165) is 6.54 Å². The van der Waals surface area contributed by atoms with Gasteiger partial charge >= 0.3 is 6.03 Å². The van der Waals surface area contributed by atoms with Crippen molar-refractivity contribution in [1.82, 2.24) is 9.80 Å². The van der Waals surface area contributed by atoms with Crippen molar-refractivity contribution < 1.29 is 4.79 Å². The highest BCUT2D eigenvalue weighted by molar-refractivity contribution is 5.77. The van der Waals surface area contributed by atoms with E-state index in [1.54, 1.807) is 4.90 Å². The molecule has 1 aliphatic rings. The molecule has 1 heterocycles. The summed E-state index contributed by atoms with van der Waals surface area (Å²) < 4.78 is 0. The van der Waals surface area contributed by atoms with Gasteiger partial charge in [-0.25, -0.2) is 4.79 Å². The van der Waals surface area contributed by atoms with Crippen molar-refractivity contribution in [1.29, 1.82) is 0 Å². The molecule has 2 rings (SSSR count). The van der Waals surface area contributed by atoms with Crippen LogP contribution in [-0.4, -0.2) is 42.5 Å². The van der Waals surface area contributed by atoms with Crippen molar-refractivity contribution >= 4 is 6.03 Å². The summed E-state index contributed by atoms with van der Waals surface area (Å²) in [5.41, 5.74) is 10.7. The molecule has 1 fully saturated rings. The summed E-state index contributed by atoms with van der Waals surface area (Å²) in [6.07, 6.45) is 0. The number of rotatable bonds is 3. The van der Waals surface area contributed by atoms with Crippen molar-refractivity contribution in [2.24, 2.45) is 5.73 Å². The zero-order valence-corrected chi connectivity index (χ0v) is 12.2. The molecule has 4 heteroatoms. The third-order valence-electron chi connectivity index (χ3n) is 3.84. The lowest BCUT2D eigenvalue weighted by Crippen LogP contribution is -2.35. The first-order valence-electron chi connectivity index (χ1n) is 6.75. The van der Waals surface area contributed by atoms with E-state index in [0.29, 0.717) is 13.1 Å². The molecule has 2 amide bonds. The van der Waals surface area contributed by atoms with Crippen molar-refractivity contribution in [2.75, 3.05) is 26.7 Å². The number of carbonyl (C=O) groups is 1. The van der Waals surface area contributed by atoms with Gasteiger partial charge in [-0.1, -0.05) is 17.7 Å². The van der Waals surface area contributed by atoms with Crippen LogP contribution in [0.4, 0.5) is 4.79 Å². The third kappa shape index (κ3) is 2.45. The Hall–Kier alpha value is -1.55. The number of amides is 2. The Labute approximate surface area is 115 Å². The summed E-state index contributed by atoms with van der Waals surface area (Å²) in [5.74, 6) is 0. The van der Waals surface area contributed by atoms with E-state index >= 15 is 0 Å². The molecule has 0 aliphatic carbocycles. The number of urea groups is 1. The summed E-state index contributed by atoms with van der Waals surface area (Å²) in [7, 11) is 1.85. The molecule has 19 heavy (non-hydrogen) atoms. The van der Waals surface area contributed by atoms with Crippen LogP contribution in [0.2, 0.25) is 0 Å². The third-order valence-corrected chi connectivity index (χ3v) is 3.84. The van der Waals surface area contributed by atoms with Gasteiger partial charge in [0.05, 0.1) is 6.04 Å². The van der Waals surface area contributed by atoms with Crippen LogP contribution in [0, 0.1) is 20.8 Å². The number of benzene rings is 1. The van der Waals surface area contributed by atoms with Crippen molar-refractivity contribution in [2.45, 2.75) is 26.8 Å². The van der Waals surface area contributed by atoms with E-state index < -0.39 is 0 Å².